The van der Waals surface area contributed by atoms with Crippen molar-refractivity contribution < 1.29 is 17.9 Å². The number of carbonyl (C=O) groups is 1. The van der Waals surface area contributed by atoms with Crippen LogP contribution in [0.5, 0.6) is 5.75 Å². The Kier molecular flexibility index (Phi) is 7.89. The SMILES string of the molecule is COc1cc(C)c(S(=O)(=O)Nc2ccc3ccn(CC(=O)N4CCC(N5CCN(C)CC5)CC4)c3c2)c(C)c1. The molecule has 2 aromatic carbocycles. The number of anilines is 1. The molecule has 2 fully saturated rings. The van der Waals surface area contributed by atoms with Gasteiger partial charge in [-0.2, -0.15) is 0 Å². The Hall–Kier alpha value is -3.08. The Morgan fingerprint density at radius 2 is 1.64 bits per heavy atom. The fourth-order valence-corrected chi connectivity index (χ4v) is 7.46. The monoisotopic (exact) mass is 553 g/mol. The number of nitrogens with zero attached hydrogens (tertiary/aromatic N) is 4. The molecule has 0 radical (unpaired) electrons. The van der Waals surface area contributed by atoms with E-state index in [0.717, 1.165) is 63.0 Å². The van der Waals surface area contributed by atoms with Gasteiger partial charge in [0.2, 0.25) is 5.91 Å². The Balaban J connectivity index is 1.26. The van der Waals surface area contributed by atoms with Crippen molar-refractivity contribution in [2.45, 2.75) is 44.2 Å². The smallest absolute Gasteiger partial charge is 0.262 e. The van der Waals surface area contributed by atoms with Crippen molar-refractivity contribution in [3.05, 3.63) is 53.7 Å². The molecule has 0 bridgehead atoms. The van der Waals surface area contributed by atoms with Gasteiger partial charge in [0.1, 0.15) is 12.3 Å². The third-order valence-corrected chi connectivity index (χ3v) is 9.83. The number of ether oxygens (including phenoxy) is 1. The number of piperazine rings is 1. The Labute approximate surface area is 231 Å². The fourth-order valence-electron chi connectivity index (χ4n) is 5.96. The van der Waals surface area contributed by atoms with Crippen LogP contribution in [0.25, 0.3) is 10.9 Å². The number of sulfonamides is 1. The zero-order valence-corrected chi connectivity index (χ0v) is 24.1. The number of fused-ring (bicyclic) bond motifs is 1. The van der Waals surface area contributed by atoms with Crippen LogP contribution in [0.3, 0.4) is 0 Å². The van der Waals surface area contributed by atoms with Gasteiger partial charge in [-0.25, -0.2) is 8.42 Å². The quantitative estimate of drug-likeness (QED) is 0.483. The summed E-state index contributed by atoms with van der Waals surface area (Å²) >= 11 is 0. The van der Waals surface area contributed by atoms with Crippen LogP contribution in [-0.2, 0) is 21.4 Å². The minimum atomic E-state index is -3.82. The Bertz CT molecular complexity index is 1430. The summed E-state index contributed by atoms with van der Waals surface area (Å²) in [4.78, 5) is 20.4. The van der Waals surface area contributed by atoms with Crippen molar-refractivity contribution >= 4 is 32.5 Å². The molecule has 5 rings (SSSR count). The minimum absolute atomic E-state index is 0.0970. The third kappa shape index (κ3) is 5.92. The normalized spacial score (nSPS) is 18.0. The predicted octanol–water partition coefficient (Wildman–Crippen LogP) is 3.31. The summed E-state index contributed by atoms with van der Waals surface area (Å²) in [7, 11) is -0.0860. The van der Waals surface area contributed by atoms with Gasteiger partial charge >= 0.3 is 0 Å². The first-order valence-corrected chi connectivity index (χ1v) is 15.1. The number of nitrogens with one attached hydrogen (secondary N) is 1. The molecule has 3 heterocycles. The molecule has 10 heteroatoms. The molecule has 2 aliphatic rings. The lowest BCUT2D eigenvalue weighted by atomic mass is 10.0. The zero-order valence-electron chi connectivity index (χ0n) is 23.3. The number of hydrogen-bond donors (Lipinski definition) is 1. The molecule has 0 aliphatic carbocycles. The highest BCUT2D eigenvalue weighted by Crippen LogP contribution is 2.29. The summed E-state index contributed by atoms with van der Waals surface area (Å²) in [6, 6.07) is 11.4. The molecule has 3 aromatic rings. The molecule has 1 amide bonds. The van der Waals surface area contributed by atoms with Gasteiger partial charge in [0, 0.05) is 51.5 Å². The first-order chi connectivity index (χ1) is 18.6. The van der Waals surface area contributed by atoms with E-state index in [1.165, 1.54) is 0 Å². The average Bonchev–Trinajstić information content (AvgIpc) is 3.30. The summed E-state index contributed by atoms with van der Waals surface area (Å²) in [5, 5.41) is 0.955. The van der Waals surface area contributed by atoms with E-state index in [0.29, 0.717) is 28.6 Å². The van der Waals surface area contributed by atoms with Crippen molar-refractivity contribution in [3.8, 4) is 5.75 Å². The molecular formula is C29H39N5O4S. The second kappa shape index (κ2) is 11.2. The molecule has 1 N–H and O–H groups in total. The van der Waals surface area contributed by atoms with E-state index in [4.69, 9.17) is 4.74 Å². The standard InChI is InChI=1S/C29H39N5O4S/c1-21-17-26(38-4)18-22(2)29(21)39(36,37)30-24-6-5-23-7-10-34(27(23)19-24)20-28(35)33-11-8-25(9-12-33)32-15-13-31(3)14-16-32/h5-7,10,17-19,25,30H,8-9,11-16,20H2,1-4H3. The van der Waals surface area contributed by atoms with Crippen LogP contribution in [0.1, 0.15) is 24.0 Å². The van der Waals surface area contributed by atoms with Crippen LogP contribution in [0.15, 0.2) is 47.5 Å². The maximum atomic E-state index is 13.3. The van der Waals surface area contributed by atoms with Gasteiger partial charge in [0.05, 0.1) is 23.2 Å². The number of rotatable bonds is 7. The van der Waals surface area contributed by atoms with Gasteiger partial charge in [0.25, 0.3) is 10.0 Å². The largest absolute Gasteiger partial charge is 0.497 e. The second-order valence-electron chi connectivity index (χ2n) is 10.9. The predicted molar refractivity (Wildman–Crippen MR) is 154 cm³/mol. The van der Waals surface area contributed by atoms with Crippen LogP contribution in [0, 0.1) is 13.8 Å². The van der Waals surface area contributed by atoms with Crippen LogP contribution in [-0.4, -0.2) is 93.1 Å². The maximum Gasteiger partial charge on any atom is 0.262 e. The Morgan fingerprint density at radius 1 is 0.974 bits per heavy atom. The topological polar surface area (TPSA) is 87.1 Å². The lowest BCUT2D eigenvalue weighted by molar-refractivity contribution is -0.133. The fraction of sp³-hybridized carbons (Fsp3) is 0.483. The van der Waals surface area contributed by atoms with Gasteiger partial charge in [-0.05, 0) is 80.6 Å². The molecule has 0 saturated carbocycles. The lowest BCUT2D eigenvalue weighted by Gasteiger charge is -2.42. The molecule has 9 nitrogen and oxygen atoms in total. The number of piperidine rings is 1. The van der Waals surface area contributed by atoms with Gasteiger partial charge in [-0.1, -0.05) is 6.07 Å². The van der Waals surface area contributed by atoms with Gasteiger partial charge in [0.15, 0.2) is 0 Å². The van der Waals surface area contributed by atoms with Gasteiger partial charge < -0.3 is 19.1 Å². The molecule has 0 unspecified atom stereocenters. The number of hydrogen-bond acceptors (Lipinski definition) is 6. The highest BCUT2D eigenvalue weighted by Gasteiger charge is 2.28. The number of aromatic nitrogens is 1. The number of aryl methyl sites for hydroxylation is 2. The number of likely N-dealkylation sites (tertiary alicyclic amines) is 1. The molecule has 39 heavy (non-hydrogen) atoms. The molecule has 2 saturated heterocycles. The summed E-state index contributed by atoms with van der Waals surface area (Å²) in [6.07, 6.45) is 3.92. The average molecular weight is 554 g/mol. The van der Waals surface area contributed by atoms with E-state index in [2.05, 4.69) is 21.6 Å². The number of benzene rings is 2. The van der Waals surface area contributed by atoms with E-state index in [1.54, 1.807) is 45.2 Å². The highest BCUT2D eigenvalue weighted by atomic mass is 32.2. The summed E-state index contributed by atoms with van der Waals surface area (Å²) in [5.74, 6) is 0.719. The number of likely N-dealkylation sites (N-methyl/N-ethyl adjacent to an activating group) is 1. The summed E-state index contributed by atoms with van der Waals surface area (Å²) < 4.78 is 36.6. The minimum Gasteiger partial charge on any atom is -0.497 e. The number of amides is 1. The van der Waals surface area contributed by atoms with Gasteiger partial charge in [-0.3, -0.25) is 14.4 Å². The van der Waals surface area contributed by atoms with E-state index in [9.17, 15) is 13.2 Å². The first-order valence-electron chi connectivity index (χ1n) is 13.6. The molecule has 2 aliphatic heterocycles. The zero-order chi connectivity index (χ0) is 27.7. The third-order valence-electron chi connectivity index (χ3n) is 8.14. The number of methoxy groups -OCH3 is 1. The van der Waals surface area contributed by atoms with Crippen LogP contribution in [0.4, 0.5) is 5.69 Å². The van der Waals surface area contributed by atoms with E-state index in [1.807, 2.05) is 27.8 Å². The highest BCUT2D eigenvalue weighted by molar-refractivity contribution is 7.92. The van der Waals surface area contributed by atoms with Crippen molar-refractivity contribution in [1.82, 2.24) is 19.3 Å². The van der Waals surface area contributed by atoms with Crippen LogP contribution < -0.4 is 9.46 Å². The molecule has 0 spiro atoms. The van der Waals surface area contributed by atoms with Crippen LogP contribution >= 0.6 is 0 Å². The maximum absolute atomic E-state index is 13.3. The van der Waals surface area contributed by atoms with Gasteiger partial charge in [-0.15, -0.1) is 0 Å². The van der Waals surface area contributed by atoms with Crippen molar-refractivity contribution in [2.75, 3.05) is 58.1 Å². The second-order valence-corrected chi connectivity index (χ2v) is 12.5. The summed E-state index contributed by atoms with van der Waals surface area (Å²) in [5.41, 5.74) is 2.51. The van der Waals surface area contributed by atoms with Crippen LogP contribution in [0.2, 0.25) is 0 Å². The van der Waals surface area contributed by atoms with E-state index < -0.39 is 10.0 Å². The van der Waals surface area contributed by atoms with Crippen molar-refractivity contribution in [1.29, 1.82) is 0 Å². The molecular weight excluding hydrogens is 514 g/mol. The number of carbonyl (C=O) groups excluding carboxylic acids is 1. The van der Waals surface area contributed by atoms with Crippen molar-refractivity contribution in [3.63, 3.8) is 0 Å². The van der Waals surface area contributed by atoms with E-state index in [-0.39, 0.29) is 17.3 Å². The molecule has 210 valence electrons. The summed E-state index contributed by atoms with van der Waals surface area (Å²) in [6.45, 7) is 9.74. The molecule has 1 aromatic heterocycles. The van der Waals surface area contributed by atoms with E-state index >= 15 is 0 Å². The first kappa shape index (κ1) is 27.5. The lowest BCUT2D eigenvalue weighted by Crippen LogP contribution is -2.53. The molecule has 0 atom stereocenters. The Morgan fingerprint density at radius 3 is 2.28 bits per heavy atom. The van der Waals surface area contributed by atoms with Crippen molar-refractivity contribution in [2.24, 2.45) is 0 Å².